The molecule has 7 aliphatic rings. The Kier molecular flexibility index (Phi) is 22.8. The Morgan fingerprint density at radius 2 is 1.59 bits per heavy atom. The second kappa shape index (κ2) is 31.3. The van der Waals surface area contributed by atoms with Crippen LogP contribution in [0.5, 0.6) is 0 Å². The van der Waals surface area contributed by atoms with Gasteiger partial charge in [0.1, 0.15) is 31.1 Å². The van der Waals surface area contributed by atoms with E-state index in [1.165, 1.54) is 30.5 Å². The van der Waals surface area contributed by atoms with Gasteiger partial charge in [-0.25, -0.2) is 24.4 Å². The zero-order chi connectivity index (χ0) is 75.5. The first-order valence-corrected chi connectivity index (χ1v) is 37.5. The number of allylic oxidation sites excluding steroid dienone is 1. The summed E-state index contributed by atoms with van der Waals surface area (Å²) in [6, 6.07) is 19.0. The average Bonchev–Trinajstić information content (AvgIpc) is 0.817. The van der Waals surface area contributed by atoms with Crippen LogP contribution in [0.2, 0.25) is 0 Å². The van der Waals surface area contributed by atoms with E-state index in [4.69, 9.17) is 29.9 Å². The highest BCUT2D eigenvalue weighted by Gasteiger charge is 2.66. The molecule has 560 valence electrons. The minimum Gasteiger partial charge on any atom is -0.479 e. The molecule has 10 N–H and O–H groups in total. The molecule has 31 heteroatoms. The van der Waals surface area contributed by atoms with Gasteiger partial charge < -0.3 is 61.0 Å². The normalized spacial score (nSPS) is 24.1. The fourth-order valence-corrected chi connectivity index (χ4v) is 18.3. The van der Waals surface area contributed by atoms with E-state index in [0.717, 1.165) is 57.7 Å². The number of anilines is 3. The van der Waals surface area contributed by atoms with Gasteiger partial charge in [-0.1, -0.05) is 69.4 Å². The van der Waals surface area contributed by atoms with Crippen LogP contribution in [0.3, 0.4) is 0 Å². The minimum absolute atomic E-state index is 0.0472. The molecule has 105 heavy (non-hydrogen) atoms. The van der Waals surface area contributed by atoms with Crippen LogP contribution < -0.4 is 31.9 Å². The lowest BCUT2D eigenvalue weighted by atomic mass is 9.39. The molecule has 5 heterocycles. The van der Waals surface area contributed by atoms with E-state index in [1.807, 2.05) is 41.3 Å². The van der Waals surface area contributed by atoms with Crippen molar-refractivity contribution in [3.63, 3.8) is 0 Å². The number of carboxylic acids is 2. The molecule has 4 bridgehead atoms. The number of aliphatic hydroxyl groups excluding tert-OH is 1. The van der Waals surface area contributed by atoms with E-state index < -0.39 is 125 Å². The number of aliphatic hydroxyl groups is 1. The number of aromatic nitrogens is 2. The number of rotatable bonds is 29. The van der Waals surface area contributed by atoms with Crippen molar-refractivity contribution in [1.29, 1.82) is 0 Å². The second-order valence-electron chi connectivity index (χ2n) is 29.8. The van der Waals surface area contributed by atoms with Crippen molar-refractivity contribution >= 4 is 113 Å². The third kappa shape index (κ3) is 18.2. The standard InChI is InChI=1S/C74H89N11O18S2/c1-42(2)62(81-59(87)33-85-60(88)20-21-61(85)89)66(92)77-44(4)64(90)78-48-16-14-47(46(28-48)15-17-50-29-49(86)30-56(103-50)67(93)94)34-101-70(97)83(25-27-105(98,99)100)24-26-102-74-38-71(5)35-72(6,39-74)37-73(36-71,40-74)41-76-43(3)53(31-75)51-18-19-58(80-63(51)68(95)96)84-23-22-45-10-9-11-52(54(45)32-84)65(91)82-69-79-55-12-7-8-13-57(55)104-69/h7-14,16,18-21,28,31,42,44,49-50,56,62,86H,15,17,22-27,29-30,32-41,75H2,1-6H3,(H,77,92)(H,78,90)(H,81,87)(H,93,94)(H,95,96)(H,79,82,91)(H,98,99,100)/t44-,49+,50-,56-,62-,71?,72?,73?,74?/m0/s1. The van der Waals surface area contributed by atoms with Gasteiger partial charge in [-0.3, -0.25) is 48.5 Å². The number of aromatic carboxylic acids is 1. The monoisotopic (exact) mass is 1480 g/mol. The van der Waals surface area contributed by atoms with Crippen LogP contribution in [0.4, 0.5) is 21.4 Å². The number of aliphatic carboxylic acids is 1. The summed E-state index contributed by atoms with van der Waals surface area (Å²) >= 11 is 1.38. The lowest BCUT2D eigenvalue weighted by molar-refractivity contribution is -0.242. The number of para-hydroxylation sites is 1. The molecular weight excluding hydrogens is 1400 g/mol. The summed E-state index contributed by atoms with van der Waals surface area (Å²) in [5, 5.41) is 42.4. The van der Waals surface area contributed by atoms with Gasteiger partial charge in [0.25, 0.3) is 27.8 Å². The molecule has 2 aromatic heterocycles. The molecular formula is C74H89N11O18S2. The zero-order valence-corrected chi connectivity index (χ0v) is 61.0. The van der Waals surface area contributed by atoms with Crippen LogP contribution in [0.25, 0.3) is 15.8 Å². The summed E-state index contributed by atoms with van der Waals surface area (Å²) in [5.74, 6) is -7.26. The maximum absolute atomic E-state index is 14.3. The molecule has 3 aromatic carbocycles. The second-order valence-corrected chi connectivity index (χ2v) is 32.4. The molecule has 4 aliphatic carbocycles. The Hall–Kier alpha value is -9.53. The smallest absolute Gasteiger partial charge is 0.410 e. The molecule has 5 aromatic rings. The van der Waals surface area contributed by atoms with Crippen LogP contribution in [0, 0.1) is 22.2 Å². The molecule has 0 radical (unpaired) electrons. The van der Waals surface area contributed by atoms with Gasteiger partial charge >= 0.3 is 18.0 Å². The number of thiazole rings is 1. The number of pyridine rings is 1. The minimum atomic E-state index is -4.60. The van der Waals surface area contributed by atoms with Crippen molar-refractivity contribution in [3.05, 3.63) is 130 Å². The Morgan fingerprint density at radius 1 is 0.857 bits per heavy atom. The number of hydrogen-bond acceptors (Lipinski definition) is 21. The Bertz CT molecular complexity index is 4410. The molecule has 1 saturated heterocycles. The number of nitrogens with zero attached hydrogens (tertiary/aromatic N) is 6. The summed E-state index contributed by atoms with van der Waals surface area (Å²) in [6.07, 6.45) is 5.03. The highest BCUT2D eigenvalue weighted by molar-refractivity contribution is 7.85. The number of amides is 7. The topological polar surface area (TPSA) is 418 Å². The van der Waals surface area contributed by atoms with E-state index in [2.05, 4.69) is 40.1 Å². The molecule has 0 spiro atoms. The number of carbonyl (C=O) groups excluding carboxylic acids is 7. The van der Waals surface area contributed by atoms with Crippen LogP contribution >= 0.6 is 11.3 Å². The van der Waals surface area contributed by atoms with Gasteiger partial charge in [0, 0.05) is 85.6 Å². The molecule has 12 rings (SSSR count). The number of nitrogens with two attached hydrogens (primary N) is 1. The van der Waals surface area contributed by atoms with Gasteiger partial charge in [0.15, 0.2) is 16.9 Å². The largest absolute Gasteiger partial charge is 0.479 e. The van der Waals surface area contributed by atoms with Gasteiger partial charge in [0.2, 0.25) is 17.7 Å². The third-order valence-electron chi connectivity index (χ3n) is 20.7. The number of carbonyl (C=O) groups is 9. The van der Waals surface area contributed by atoms with Crippen molar-refractivity contribution in [2.24, 2.45) is 32.9 Å². The SMILES string of the molecule is CC(=NCC12CC3(C)CC(C)(C1)CC(OCCN(CCS(=O)(=O)O)C(=O)OCc1ccc(NC(=O)[C@H](C)NC(=O)[C@@H](NC(=O)CN4C(=O)C=CC4=O)C(C)C)cc1CC[C@H]1C[C@@H](O)C[C@@H](C(=O)O)O1)(C3)C2)C(=CN)c1ccc(N2CCc3cccc(C(=O)Nc4nc5ccccc5s4)c3C2)nc1C(=O)O. The number of fused-ring (bicyclic) bond motifs is 2. The molecule has 3 aliphatic heterocycles. The number of carboxylic acid groups (broad SMARTS) is 2. The summed E-state index contributed by atoms with van der Waals surface area (Å²) in [4.78, 5) is 136. The average molecular weight is 1480 g/mol. The predicted molar refractivity (Wildman–Crippen MR) is 388 cm³/mol. The van der Waals surface area contributed by atoms with Crippen LogP contribution in [-0.4, -0.2) is 188 Å². The summed E-state index contributed by atoms with van der Waals surface area (Å²) in [5.41, 5.74) is 10.1. The number of aryl methyl sites for hydroxylation is 1. The van der Waals surface area contributed by atoms with E-state index in [0.29, 0.717) is 89.1 Å². The lowest BCUT2D eigenvalue weighted by Gasteiger charge is -2.69. The van der Waals surface area contributed by atoms with Crippen molar-refractivity contribution in [3.8, 4) is 0 Å². The van der Waals surface area contributed by atoms with Crippen LogP contribution in [0.1, 0.15) is 148 Å². The fraction of sp³-hybridized carbons (Fsp3) is 0.486. The number of hydrogen-bond donors (Lipinski definition) is 9. The van der Waals surface area contributed by atoms with Gasteiger partial charge in [-0.15, -0.1) is 0 Å². The highest BCUT2D eigenvalue weighted by atomic mass is 32.2. The van der Waals surface area contributed by atoms with Crippen molar-refractivity contribution in [2.45, 2.75) is 161 Å². The number of benzene rings is 3. The zero-order valence-electron chi connectivity index (χ0n) is 59.3. The number of ether oxygens (including phenoxy) is 3. The Balaban J connectivity index is 0.748. The lowest BCUT2D eigenvalue weighted by Crippen LogP contribution is -2.64. The quantitative estimate of drug-likeness (QED) is 0.0131. The first-order chi connectivity index (χ1) is 49.7. The number of imide groups is 1. The van der Waals surface area contributed by atoms with E-state index in [-0.39, 0.29) is 77.9 Å². The highest BCUT2D eigenvalue weighted by Crippen LogP contribution is 2.71. The molecule has 7 amide bonds. The molecule has 29 nitrogen and oxygen atoms in total. The number of nitrogens with one attached hydrogen (secondary N) is 4. The van der Waals surface area contributed by atoms with E-state index in [9.17, 15) is 71.4 Å². The Labute approximate surface area is 611 Å². The van der Waals surface area contributed by atoms with Crippen molar-refractivity contribution in [1.82, 2.24) is 30.4 Å². The number of aliphatic imine (C=N–C) groups is 1. The first kappa shape index (κ1) is 76.6. The maximum Gasteiger partial charge on any atom is 0.410 e. The van der Waals surface area contributed by atoms with Gasteiger partial charge in [-0.05, 0) is 165 Å². The van der Waals surface area contributed by atoms with Crippen LogP contribution in [-0.2, 0) is 79.1 Å². The van der Waals surface area contributed by atoms with E-state index >= 15 is 0 Å². The third-order valence-corrected chi connectivity index (χ3v) is 22.3. The van der Waals surface area contributed by atoms with Crippen molar-refractivity contribution in [2.75, 3.05) is 60.6 Å². The van der Waals surface area contributed by atoms with Crippen molar-refractivity contribution < 1.29 is 85.7 Å². The van der Waals surface area contributed by atoms with Gasteiger partial charge in [-0.2, -0.15) is 8.42 Å². The Morgan fingerprint density at radius 3 is 2.28 bits per heavy atom. The van der Waals surface area contributed by atoms with Gasteiger partial charge in [0.05, 0.1) is 40.4 Å². The first-order valence-electron chi connectivity index (χ1n) is 35.0. The summed E-state index contributed by atoms with van der Waals surface area (Å²) in [7, 11) is -4.60. The summed E-state index contributed by atoms with van der Waals surface area (Å²) in [6.45, 7) is 10.5. The van der Waals surface area contributed by atoms with Crippen LogP contribution in [0.15, 0.2) is 96.1 Å². The van der Waals surface area contributed by atoms with E-state index in [1.54, 1.807) is 51.1 Å². The molecule has 2 unspecified atom stereocenters. The maximum atomic E-state index is 14.3. The molecule has 7 atom stereocenters. The molecule has 5 fully saturated rings. The molecule has 4 saturated carbocycles. The fourth-order valence-electron chi connectivity index (χ4n) is 17.0. The predicted octanol–water partition coefficient (Wildman–Crippen LogP) is 7.06. The summed E-state index contributed by atoms with van der Waals surface area (Å²) < 4.78 is 54.1.